The minimum absolute atomic E-state index is 0.509. The first kappa shape index (κ1) is 13.9. The van der Waals surface area contributed by atoms with E-state index >= 15 is 0 Å². The van der Waals surface area contributed by atoms with Crippen LogP contribution in [0, 0.1) is 0 Å². The van der Waals surface area contributed by atoms with Gasteiger partial charge in [-0.05, 0) is 42.0 Å². The minimum atomic E-state index is 0.509. The van der Waals surface area contributed by atoms with Crippen LogP contribution in [0.1, 0.15) is 13.8 Å². The monoisotopic (exact) mass is 228 g/mol. The highest BCUT2D eigenvalue weighted by molar-refractivity contribution is 4.89. The van der Waals surface area contributed by atoms with Crippen molar-refractivity contribution in [3.63, 3.8) is 0 Å². The summed E-state index contributed by atoms with van der Waals surface area (Å²) in [4.78, 5) is 7.22. The predicted octanol–water partition coefficient (Wildman–Crippen LogP) is 0.118. The zero-order valence-corrected chi connectivity index (χ0v) is 11.7. The molecule has 1 aliphatic heterocycles. The van der Waals surface area contributed by atoms with Gasteiger partial charge < -0.3 is 10.2 Å². The summed E-state index contributed by atoms with van der Waals surface area (Å²) in [5, 5.41) is 3.51. The lowest BCUT2D eigenvalue weighted by molar-refractivity contribution is 0.00694. The van der Waals surface area contributed by atoms with Gasteiger partial charge in [-0.25, -0.2) is 0 Å². The number of nitrogens with zero attached hydrogens (tertiary/aromatic N) is 3. The van der Waals surface area contributed by atoms with Crippen LogP contribution >= 0.6 is 0 Å². The summed E-state index contributed by atoms with van der Waals surface area (Å²) < 4.78 is 0. The van der Waals surface area contributed by atoms with E-state index in [1.54, 1.807) is 0 Å². The Bertz CT molecular complexity index is 183. The van der Waals surface area contributed by atoms with Gasteiger partial charge in [0.05, 0.1) is 6.17 Å². The van der Waals surface area contributed by atoms with E-state index in [1.807, 2.05) is 0 Å². The Balaban J connectivity index is 2.70. The van der Waals surface area contributed by atoms with E-state index in [0.29, 0.717) is 18.2 Å². The first-order valence-electron chi connectivity index (χ1n) is 6.24. The summed E-state index contributed by atoms with van der Waals surface area (Å²) >= 11 is 0. The SMILES string of the molecule is CC(C1CNCCN1C(C)N(C)C)N(C)C. The molecule has 0 saturated carbocycles. The first-order valence-corrected chi connectivity index (χ1v) is 6.24. The van der Waals surface area contributed by atoms with E-state index in [0.717, 1.165) is 19.6 Å². The summed E-state index contributed by atoms with van der Waals surface area (Å²) in [6.45, 7) is 7.95. The molecule has 1 fully saturated rings. The fourth-order valence-electron chi connectivity index (χ4n) is 2.29. The van der Waals surface area contributed by atoms with Crippen LogP contribution in [-0.4, -0.2) is 80.8 Å². The molecule has 1 heterocycles. The van der Waals surface area contributed by atoms with E-state index in [9.17, 15) is 0 Å². The van der Waals surface area contributed by atoms with Crippen molar-refractivity contribution in [1.29, 1.82) is 0 Å². The van der Waals surface area contributed by atoms with Gasteiger partial charge in [-0.3, -0.25) is 9.80 Å². The van der Waals surface area contributed by atoms with Crippen LogP contribution in [0.4, 0.5) is 0 Å². The van der Waals surface area contributed by atoms with Crippen molar-refractivity contribution in [2.24, 2.45) is 0 Å². The average Bonchev–Trinajstić information content (AvgIpc) is 2.26. The van der Waals surface area contributed by atoms with Crippen LogP contribution in [0.3, 0.4) is 0 Å². The molecule has 0 spiro atoms. The van der Waals surface area contributed by atoms with Gasteiger partial charge >= 0.3 is 0 Å². The smallest absolute Gasteiger partial charge is 0.0592 e. The normalized spacial score (nSPS) is 27.4. The average molecular weight is 228 g/mol. The van der Waals surface area contributed by atoms with Gasteiger partial charge in [0.1, 0.15) is 0 Å². The molecule has 1 rings (SSSR count). The van der Waals surface area contributed by atoms with Crippen LogP contribution < -0.4 is 5.32 Å². The van der Waals surface area contributed by atoms with E-state index < -0.39 is 0 Å². The van der Waals surface area contributed by atoms with E-state index in [-0.39, 0.29) is 0 Å². The Morgan fingerprint density at radius 2 is 1.75 bits per heavy atom. The number of piperazine rings is 1. The van der Waals surface area contributed by atoms with Gasteiger partial charge in [-0.2, -0.15) is 0 Å². The highest BCUT2D eigenvalue weighted by Crippen LogP contribution is 2.15. The second kappa shape index (κ2) is 5.96. The van der Waals surface area contributed by atoms with Gasteiger partial charge in [-0.1, -0.05) is 0 Å². The van der Waals surface area contributed by atoms with Gasteiger partial charge in [-0.15, -0.1) is 0 Å². The summed E-state index contributed by atoms with van der Waals surface area (Å²) in [5.41, 5.74) is 0. The molecule has 16 heavy (non-hydrogen) atoms. The Morgan fingerprint density at radius 3 is 2.25 bits per heavy atom. The van der Waals surface area contributed by atoms with Crippen molar-refractivity contribution in [3.05, 3.63) is 0 Å². The molecule has 0 aliphatic carbocycles. The Kier molecular flexibility index (Phi) is 5.18. The molecule has 0 amide bonds. The largest absolute Gasteiger partial charge is 0.314 e. The quantitative estimate of drug-likeness (QED) is 0.738. The highest BCUT2D eigenvalue weighted by Gasteiger charge is 2.31. The molecule has 96 valence electrons. The Morgan fingerprint density at radius 1 is 1.12 bits per heavy atom. The van der Waals surface area contributed by atoms with E-state index in [4.69, 9.17) is 0 Å². The Hall–Kier alpha value is -0.160. The van der Waals surface area contributed by atoms with E-state index in [2.05, 4.69) is 62.1 Å². The molecule has 0 aromatic heterocycles. The maximum atomic E-state index is 3.51. The van der Waals surface area contributed by atoms with Gasteiger partial charge in [0.2, 0.25) is 0 Å². The molecule has 0 bridgehead atoms. The van der Waals surface area contributed by atoms with Crippen molar-refractivity contribution < 1.29 is 0 Å². The van der Waals surface area contributed by atoms with Gasteiger partial charge in [0.25, 0.3) is 0 Å². The second-order valence-corrected chi connectivity index (χ2v) is 5.31. The molecule has 1 aliphatic rings. The zero-order valence-electron chi connectivity index (χ0n) is 11.7. The summed E-state index contributed by atoms with van der Waals surface area (Å²) in [5.74, 6) is 0. The molecule has 4 nitrogen and oxygen atoms in total. The zero-order chi connectivity index (χ0) is 12.3. The third-order valence-electron chi connectivity index (χ3n) is 3.92. The van der Waals surface area contributed by atoms with E-state index in [1.165, 1.54) is 0 Å². The standard InChI is InChI=1S/C12H28N4/c1-10(14(3)4)12-9-13-7-8-16(12)11(2)15(5)6/h10-13H,7-9H2,1-6H3. The summed E-state index contributed by atoms with van der Waals surface area (Å²) in [7, 11) is 8.64. The lowest BCUT2D eigenvalue weighted by Crippen LogP contribution is -2.63. The lowest BCUT2D eigenvalue weighted by atomic mass is 10.0. The first-order chi connectivity index (χ1) is 7.45. The highest BCUT2D eigenvalue weighted by atomic mass is 15.4. The van der Waals surface area contributed by atoms with Gasteiger partial charge in [0, 0.05) is 31.7 Å². The number of nitrogens with one attached hydrogen (secondary N) is 1. The van der Waals surface area contributed by atoms with Crippen molar-refractivity contribution >= 4 is 0 Å². The van der Waals surface area contributed by atoms with Crippen LogP contribution in [0.15, 0.2) is 0 Å². The maximum absolute atomic E-state index is 3.51. The maximum Gasteiger partial charge on any atom is 0.0592 e. The molecule has 1 saturated heterocycles. The molecule has 3 atom stereocenters. The molecule has 3 unspecified atom stereocenters. The molecule has 0 aromatic rings. The third kappa shape index (κ3) is 3.17. The molecule has 0 aromatic carbocycles. The number of hydrogen-bond acceptors (Lipinski definition) is 4. The van der Waals surface area contributed by atoms with Crippen molar-refractivity contribution in [3.8, 4) is 0 Å². The fourth-order valence-corrected chi connectivity index (χ4v) is 2.29. The number of hydrogen-bond donors (Lipinski definition) is 1. The minimum Gasteiger partial charge on any atom is -0.314 e. The predicted molar refractivity (Wildman–Crippen MR) is 69.7 cm³/mol. The Labute approximate surface area is 101 Å². The van der Waals surface area contributed by atoms with Crippen LogP contribution in [0.2, 0.25) is 0 Å². The van der Waals surface area contributed by atoms with Gasteiger partial charge in [0.15, 0.2) is 0 Å². The van der Waals surface area contributed by atoms with Crippen molar-refractivity contribution in [1.82, 2.24) is 20.0 Å². The van der Waals surface area contributed by atoms with Crippen LogP contribution in [-0.2, 0) is 0 Å². The third-order valence-corrected chi connectivity index (χ3v) is 3.92. The molecule has 1 N–H and O–H groups in total. The molecule has 0 radical (unpaired) electrons. The fraction of sp³-hybridized carbons (Fsp3) is 1.00. The molecular weight excluding hydrogens is 200 g/mol. The van der Waals surface area contributed by atoms with Crippen LogP contribution in [0.25, 0.3) is 0 Å². The number of rotatable bonds is 4. The summed E-state index contributed by atoms with van der Waals surface area (Å²) in [6.07, 6.45) is 0.509. The second-order valence-electron chi connectivity index (χ2n) is 5.31. The molecule has 4 heteroatoms. The van der Waals surface area contributed by atoms with Crippen molar-refractivity contribution in [2.75, 3.05) is 47.8 Å². The lowest BCUT2D eigenvalue weighted by Gasteiger charge is -2.46. The summed E-state index contributed by atoms with van der Waals surface area (Å²) in [6, 6.07) is 1.18. The molecular formula is C12H28N4. The topological polar surface area (TPSA) is 21.8 Å². The van der Waals surface area contributed by atoms with Crippen LogP contribution in [0.5, 0.6) is 0 Å². The number of likely N-dealkylation sites (N-methyl/N-ethyl adjacent to an activating group) is 1. The van der Waals surface area contributed by atoms with Crippen molar-refractivity contribution in [2.45, 2.75) is 32.1 Å².